The zero-order valence-electron chi connectivity index (χ0n) is 12.1. The number of hydrogen-bond donors (Lipinski definition) is 1. The van der Waals surface area contributed by atoms with Crippen LogP contribution in [0.1, 0.15) is 43.7 Å². The van der Waals surface area contributed by atoms with Gasteiger partial charge in [-0.2, -0.15) is 0 Å². The molecule has 108 valence electrons. The van der Waals surface area contributed by atoms with Crippen molar-refractivity contribution >= 4 is 11.8 Å². The van der Waals surface area contributed by atoms with E-state index in [0.29, 0.717) is 17.9 Å². The summed E-state index contributed by atoms with van der Waals surface area (Å²) in [5.41, 5.74) is 1.31. The smallest absolute Gasteiger partial charge is 0.230 e. The number of hydrogen-bond acceptors (Lipinski definition) is 2. The van der Waals surface area contributed by atoms with Crippen molar-refractivity contribution < 1.29 is 14.0 Å². The van der Waals surface area contributed by atoms with Crippen LogP contribution < -0.4 is 5.32 Å². The zero-order valence-corrected chi connectivity index (χ0v) is 12.1. The number of nitrogens with one attached hydrogen (secondary N) is 1. The van der Waals surface area contributed by atoms with E-state index in [1.165, 1.54) is 6.07 Å². The Kier molecular flexibility index (Phi) is 4.21. The van der Waals surface area contributed by atoms with Gasteiger partial charge in [0.25, 0.3) is 0 Å². The van der Waals surface area contributed by atoms with Crippen molar-refractivity contribution in [1.82, 2.24) is 5.32 Å². The number of aryl methyl sites for hydroxylation is 1. The molecule has 3 nitrogen and oxygen atoms in total. The molecule has 2 rings (SSSR count). The topological polar surface area (TPSA) is 46.2 Å². The van der Waals surface area contributed by atoms with E-state index in [1.54, 1.807) is 13.0 Å². The fraction of sp³-hybridized carbons (Fsp3) is 0.500. The van der Waals surface area contributed by atoms with Crippen molar-refractivity contribution in [3.63, 3.8) is 0 Å². The van der Waals surface area contributed by atoms with Crippen LogP contribution in [0.3, 0.4) is 0 Å². The van der Waals surface area contributed by atoms with E-state index in [1.807, 2.05) is 19.9 Å². The summed E-state index contributed by atoms with van der Waals surface area (Å²) in [6.07, 6.45) is 0.935. The maximum atomic E-state index is 13.7. The Labute approximate surface area is 118 Å². The molecule has 2 unspecified atom stereocenters. The molecule has 1 N–H and O–H groups in total. The van der Waals surface area contributed by atoms with Gasteiger partial charge in [0.15, 0.2) is 0 Å². The fourth-order valence-electron chi connectivity index (χ4n) is 2.77. The van der Waals surface area contributed by atoms with Crippen molar-refractivity contribution in [3.8, 4) is 0 Å². The van der Waals surface area contributed by atoms with Crippen LogP contribution >= 0.6 is 0 Å². The zero-order chi connectivity index (χ0) is 14.9. The number of amides is 2. The van der Waals surface area contributed by atoms with Crippen molar-refractivity contribution in [2.45, 2.75) is 39.5 Å². The molecule has 1 saturated heterocycles. The molecular formula is C16H20FNO2. The van der Waals surface area contributed by atoms with E-state index < -0.39 is 0 Å². The molecule has 4 heteroatoms. The van der Waals surface area contributed by atoms with Crippen LogP contribution in [0.25, 0.3) is 0 Å². The van der Waals surface area contributed by atoms with Crippen LogP contribution in [0.5, 0.6) is 0 Å². The van der Waals surface area contributed by atoms with Gasteiger partial charge < -0.3 is 0 Å². The number of imide groups is 1. The minimum Gasteiger partial charge on any atom is -0.296 e. The van der Waals surface area contributed by atoms with E-state index >= 15 is 0 Å². The summed E-state index contributed by atoms with van der Waals surface area (Å²) in [6, 6.07) is 4.98. The van der Waals surface area contributed by atoms with Gasteiger partial charge in [-0.3, -0.25) is 14.9 Å². The lowest BCUT2D eigenvalue weighted by molar-refractivity contribution is -0.137. The number of piperidine rings is 1. The van der Waals surface area contributed by atoms with Gasteiger partial charge in [0.2, 0.25) is 11.8 Å². The Morgan fingerprint density at radius 3 is 2.65 bits per heavy atom. The number of halogens is 1. The highest BCUT2D eigenvalue weighted by atomic mass is 19.1. The molecule has 1 heterocycles. The Bertz CT molecular complexity index is 539. The van der Waals surface area contributed by atoms with Crippen molar-refractivity contribution in [2.24, 2.45) is 11.8 Å². The summed E-state index contributed by atoms with van der Waals surface area (Å²) >= 11 is 0. The molecular weight excluding hydrogens is 257 g/mol. The highest BCUT2D eigenvalue weighted by Gasteiger charge is 2.37. The van der Waals surface area contributed by atoms with Crippen LogP contribution in [0, 0.1) is 24.6 Å². The van der Waals surface area contributed by atoms with Crippen LogP contribution in [-0.2, 0) is 9.59 Å². The number of carbonyl (C=O) groups excluding carboxylic acids is 2. The Balaban J connectivity index is 2.34. The first-order valence-electron chi connectivity index (χ1n) is 6.98. The van der Waals surface area contributed by atoms with Gasteiger partial charge in [0.05, 0.1) is 0 Å². The predicted molar refractivity (Wildman–Crippen MR) is 74.6 cm³/mol. The van der Waals surface area contributed by atoms with Gasteiger partial charge in [-0.25, -0.2) is 4.39 Å². The predicted octanol–water partition coefficient (Wildman–Crippen LogP) is 2.93. The van der Waals surface area contributed by atoms with Gasteiger partial charge in [-0.05, 0) is 36.5 Å². The third-order valence-corrected chi connectivity index (χ3v) is 3.84. The Hall–Kier alpha value is -1.71. The van der Waals surface area contributed by atoms with Crippen LogP contribution in [0.2, 0.25) is 0 Å². The minimum atomic E-state index is -0.288. The monoisotopic (exact) mass is 277 g/mol. The van der Waals surface area contributed by atoms with E-state index in [4.69, 9.17) is 0 Å². The maximum absolute atomic E-state index is 13.7. The fourth-order valence-corrected chi connectivity index (χ4v) is 2.77. The second-order valence-electron chi connectivity index (χ2n) is 5.97. The van der Waals surface area contributed by atoms with Crippen LogP contribution in [-0.4, -0.2) is 11.8 Å². The van der Waals surface area contributed by atoms with Gasteiger partial charge >= 0.3 is 0 Å². The first-order chi connectivity index (χ1) is 9.38. The first-order valence-corrected chi connectivity index (χ1v) is 6.98. The van der Waals surface area contributed by atoms with Gasteiger partial charge in [-0.1, -0.05) is 26.0 Å². The van der Waals surface area contributed by atoms with E-state index in [-0.39, 0.29) is 35.9 Å². The number of benzene rings is 1. The molecule has 1 aromatic carbocycles. The number of rotatable bonds is 3. The quantitative estimate of drug-likeness (QED) is 0.863. The van der Waals surface area contributed by atoms with Gasteiger partial charge in [-0.15, -0.1) is 0 Å². The Morgan fingerprint density at radius 1 is 1.35 bits per heavy atom. The lowest BCUT2D eigenvalue weighted by atomic mass is 9.76. The summed E-state index contributed by atoms with van der Waals surface area (Å²) in [7, 11) is 0. The molecule has 2 atom stereocenters. The third kappa shape index (κ3) is 3.06. The van der Waals surface area contributed by atoms with Gasteiger partial charge in [0, 0.05) is 18.3 Å². The van der Waals surface area contributed by atoms with Gasteiger partial charge in [0.1, 0.15) is 5.82 Å². The molecule has 0 saturated carbocycles. The average molecular weight is 277 g/mol. The third-order valence-electron chi connectivity index (χ3n) is 3.84. The average Bonchev–Trinajstić information content (AvgIpc) is 2.35. The summed E-state index contributed by atoms with van der Waals surface area (Å²) in [6.45, 7) is 5.77. The van der Waals surface area contributed by atoms with Crippen molar-refractivity contribution in [3.05, 3.63) is 35.1 Å². The molecule has 1 aromatic rings. The molecule has 0 aromatic heterocycles. The molecule has 0 aliphatic carbocycles. The van der Waals surface area contributed by atoms with E-state index in [0.717, 1.165) is 5.56 Å². The lowest BCUT2D eigenvalue weighted by Crippen LogP contribution is -2.45. The summed E-state index contributed by atoms with van der Waals surface area (Å²) < 4.78 is 13.7. The second kappa shape index (κ2) is 5.73. The van der Waals surface area contributed by atoms with Crippen LogP contribution in [0.4, 0.5) is 4.39 Å². The standard InChI is InChI=1S/C16H20FNO2/c1-9(2)6-13-12(8-15(19)18-16(13)20)11-5-4-10(3)14(17)7-11/h4-5,7,9,12-13H,6,8H2,1-3H3,(H,18,19,20). The maximum Gasteiger partial charge on any atom is 0.230 e. The summed E-state index contributed by atoms with van der Waals surface area (Å²) in [4.78, 5) is 23.7. The normalized spacial score (nSPS) is 23.1. The first kappa shape index (κ1) is 14.7. The molecule has 0 spiro atoms. The van der Waals surface area contributed by atoms with Crippen LogP contribution in [0.15, 0.2) is 18.2 Å². The van der Waals surface area contributed by atoms with E-state index in [2.05, 4.69) is 5.32 Å². The molecule has 1 aliphatic heterocycles. The highest BCUT2D eigenvalue weighted by molar-refractivity contribution is 5.99. The van der Waals surface area contributed by atoms with Crippen molar-refractivity contribution in [2.75, 3.05) is 0 Å². The summed E-state index contributed by atoms with van der Waals surface area (Å²) in [5, 5.41) is 2.39. The molecule has 1 fully saturated rings. The van der Waals surface area contributed by atoms with Crippen molar-refractivity contribution in [1.29, 1.82) is 0 Å². The molecule has 2 amide bonds. The molecule has 0 radical (unpaired) electrons. The summed E-state index contributed by atoms with van der Waals surface area (Å²) in [5.74, 6) is -0.952. The molecule has 20 heavy (non-hydrogen) atoms. The highest BCUT2D eigenvalue weighted by Crippen LogP contribution is 2.35. The lowest BCUT2D eigenvalue weighted by Gasteiger charge is -2.31. The second-order valence-corrected chi connectivity index (χ2v) is 5.97. The Morgan fingerprint density at radius 2 is 2.05 bits per heavy atom. The minimum absolute atomic E-state index is 0.228. The largest absolute Gasteiger partial charge is 0.296 e. The van der Waals surface area contributed by atoms with E-state index in [9.17, 15) is 14.0 Å². The molecule has 1 aliphatic rings. The molecule has 0 bridgehead atoms. The number of carbonyl (C=O) groups is 2. The SMILES string of the molecule is Cc1ccc(C2CC(=O)NC(=O)C2CC(C)C)cc1F.